The predicted octanol–water partition coefficient (Wildman–Crippen LogP) is 2.40. The lowest BCUT2D eigenvalue weighted by atomic mass is 10.1. The number of amides is 2. The van der Waals surface area contributed by atoms with Gasteiger partial charge in [0.15, 0.2) is 0 Å². The summed E-state index contributed by atoms with van der Waals surface area (Å²) in [7, 11) is 0. The van der Waals surface area contributed by atoms with Crippen LogP contribution >= 0.6 is 0 Å². The van der Waals surface area contributed by atoms with Gasteiger partial charge in [0.2, 0.25) is 5.91 Å². The molecule has 2 rings (SSSR count). The van der Waals surface area contributed by atoms with Gasteiger partial charge in [-0.3, -0.25) is 14.5 Å². The molecule has 0 radical (unpaired) electrons. The summed E-state index contributed by atoms with van der Waals surface area (Å²) in [4.78, 5) is 24.4. The van der Waals surface area contributed by atoms with Crippen molar-refractivity contribution in [2.45, 2.75) is 19.4 Å². The van der Waals surface area contributed by atoms with Gasteiger partial charge in [0.1, 0.15) is 0 Å². The van der Waals surface area contributed by atoms with E-state index in [1.807, 2.05) is 48.6 Å². The third-order valence-corrected chi connectivity index (χ3v) is 2.86. The molecule has 0 N–H and O–H groups in total. The third kappa shape index (κ3) is 2.74. The minimum absolute atomic E-state index is 0.180. The molecule has 3 nitrogen and oxygen atoms in total. The second-order valence-corrected chi connectivity index (χ2v) is 4.20. The van der Waals surface area contributed by atoms with E-state index in [0.29, 0.717) is 6.42 Å². The fourth-order valence-corrected chi connectivity index (χ4v) is 2.00. The van der Waals surface area contributed by atoms with Crippen molar-refractivity contribution in [3.8, 4) is 0 Å². The summed E-state index contributed by atoms with van der Waals surface area (Å²) in [6.45, 7) is 1.42. The van der Waals surface area contributed by atoms with E-state index in [-0.39, 0.29) is 17.9 Å². The maximum Gasteiger partial charge on any atom is 0.253 e. The summed E-state index contributed by atoms with van der Waals surface area (Å²) >= 11 is 0. The molecule has 0 bridgehead atoms. The first-order valence-corrected chi connectivity index (χ1v) is 5.92. The van der Waals surface area contributed by atoms with Gasteiger partial charge in [-0.15, -0.1) is 0 Å². The lowest BCUT2D eigenvalue weighted by Crippen LogP contribution is -2.43. The molecule has 1 aromatic carbocycles. The normalized spacial score (nSPS) is 19.5. The highest BCUT2D eigenvalue weighted by Gasteiger charge is 2.25. The third-order valence-electron chi connectivity index (χ3n) is 2.86. The van der Waals surface area contributed by atoms with Crippen LogP contribution in [0, 0.1) is 0 Å². The Morgan fingerprint density at radius 3 is 2.72 bits per heavy atom. The van der Waals surface area contributed by atoms with Gasteiger partial charge in [-0.1, -0.05) is 48.6 Å². The van der Waals surface area contributed by atoms with E-state index in [0.717, 1.165) is 5.56 Å². The smallest absolute Gasteiger partial charge is 0.253 e. The van der Waals surface area contributed by atoms with Crippen LogP contribution in [0.2, 0.25) is 0 Å². The van der Waals surface area contributed by atoms with Crippen LogP contribution in [0.5, 0.6) is 0 Å². The minimum Gasteiger partial charge on any atom is -0.275 e. The molecule has 0 aliphatic carbocycles. The lowest BCUT2D eigenvalue weighted by molar-refractivity contribution is -0.142. The average Bonchev–Trinajstić information content (AvgIpc) is 2.37. The fraction of sp³-hybridized carbons (Fsp3) is 0.200. The number of carbonyl (C=O) groups excluding carboxylic acids is 2. The van der Waals surface area contributed by atoms with Crippen LogP contribution < -0.4 is 0 Å². The molecule has 92 valence electrons. The van der Waals surface area contributed by atoms with E-state index in [9.17, 15) is 9.59 Å². The Morgan fingerprint density at radius 2 is 2.06 bits per heavy atom. The molecule has 0 fully saturated rings. The zero-order chi connectivity index (χ0) is 13.0. The highest BCUT2D eigenvalue weighted by atomic mass is 16.2. The van der Waals surface area contributed by atoms with Crippen LogP contribution in [-0.4, -0.2) is 22.8 Å². The van der Waals surface area contributed by atoms with Crippen molar-refractivity contribution in [1.82, 2.24) is 4.90 Å². The van der Waals surface area contributed by atoms with Crippen LogP contribution in [0.3, 0.4) is 0 Å². The van der Waals surface area contributed by atoms with Crippen molar-refractivity contribution in [2.24, 2.45) is 0 Å². The molecular formula is C15H15NO2. The summed E-state index contributed by atoms with van der Waals surface area (Å²) in [6.07, 6.45) is 7.77. The zero-order valence-electron chi connectivity index (χ0n) is 10.2. The van der Waals surface area contributed by atoms with Gasteiger partial charge in [-0.25, -0.2) is 0 Å². The van der Waals surface area contributed by atoms with E-state index in [2.05, 4.69) is 0 Å². The van der Waals surface area contributed by atoms with E-state index >= 15 is 0 Å². The molecule has 1 aliphatic heterocycles. The topological polar surface area (TPSA) is 37.4 Å². The molecule has 0 saturated heterocycles. The van der Waals surface area contributed by atoms with Crippen LogP contribution in [-0.2, 0) is 9.59 Å². The summed E-state index contributed by atoms with van der Waals surface area (Å²) in [6, 6.07) is 9.64. The van der Waals surface area contributed by atoms with Gasteiger partial charge in [0.05, 0.1) is 6.04 Å². The second-order valence-electron chi connectivity index (χ2n) is 4.20. The van der Waals surface area contributed by atoms with Crippen molar-refractivity contribution in [1.29, 1.82) is 0 Å². The van der Waals surface area contributed by atoms with Crippen molar-refractivity contribution in [2.75, 3.05) is 0 Å². The molecular weight excluding hydrogens is 226 g/mol. The molecule has 0 aromatic heterocycles. The zero-order valence-corrected chi connectivity index (χ0v) is 10.2. The summed E-state index contributed by atoms with van der Waals surface area (Å²) in [5.74, 6) is -0.455. The van der Waals surface area contributed by atoms with E-state index in [1.54, 1.807) is 0 Å². The largest absolute Gasteiger partial charge is 0.275 e. The number of rotatable bonds is 2. The van der Waals surface area contributed by atoms with Gasteiger partial charge < -0.3 is 0 Å². The summed E-state index contributed by atoms with van der Waals surface area (Å²) in [5.41, 5.74) is 1.06. The Kier molecular flexibility index (Phi) is 3.72. The summed E-state index contributed by atoms with van der Waals surface area (Å²) in [5, 5.41) is 0. The first-order chi connectivity index (χ1) is 8.68. The van der Waals surface area contributed by atoms with Crippen LogP contribution in [0.4, 0.5) is 0 Å². The molecule has 2 amide bonds. The minimum atomic E-state index is -0.239. The maximum absolute atomic E-state index is 11.6. The SMILES string of the molecule is CC(=O)N1C(=O)C=CCC1/C=C/c1ccccc1. The van der Waals surface area contributed by atoms with Gasteiger partial charge in [-0.2, -0.15) is 0 Å². The van der Waals surface area contributed by atoms with E-state index in [1.165, 1.54) is 17.9 Å². The molecule has 1 atom stereocenters. The number of carbonyl (C=O) groups is 2. The van der Waals surface area contributed by atoms with Gasteiger partial charge in [-0.05, 0) is 18.1 Å². The standard InChI is InChI=1S/C15H15NO2/c1-12(17)16-14(8-5-9-15(16)18)11-10-13-6-3-2-4-7-13/h2-7,9-11,14H,8H2,1H3/b11-10+. The van der Waals surface area contributed by atoms with Crippen LogP contribution in [0.25, 0.3) is 6.08 Å². The number of hydrogen-bond acceptors (Lipinski definition) is 2. The predicted molar refractivity (Wildman–Crippen MR) is 70.5 cm³/mol. The molecule has 0 spiro atoms. The van der Waals surface area contributed by atoms with E-state index < -0.39 is 0 Å². The first-order valence-electron chi connectivity index (χ1n) is 5.92. The van der Waals surface area contributed by atoms with Gasteiger partial charge in [0, 0.05) is 6.92 Å². The van der Waals surface area contributed by atoms with Crippen molar-refractivity contribution in [3.05, 3.63) is 54.1 Å². The van der Waals surface area contributed by atoms with Crippen molar-refractivity contribution in [3.63, 3.8) is 0 Å². The van der Waals surface area contributed by atoms with Crippen molar-refractivity contribution >= 4 is 17.9 Å². The van der Waals surface area contributed by atoms with Crippen molar-refractivity contribution < 1.29 is 9.59 Å². The molecule has 1 heterocycles. The Balaban J connectivity index is 2.17. The number of hydrogen-bond donors (Lipinski definition) is 0. The maximum atomic E-state index is 11.6. The van der Waals surface area contributed by atoms with Gasteiger partial charge in [0.25, 0.3) is 5.91 Å². The molecule has 0 saturated carbocycles. The number of nitrogens with zero attached hydrogens (tertiary/aromatic N) is 1. The number of imide groups is 1. The highest BCUT2D eigenvalue weighted by molar-refractivity contribution is 6.01. The molecule has 1 aliphatic rings. The first kappa shape index (κ1) is 12.3. The van der Waals surface area contributed by atoms with Crippen LogP contribution in [0.15, 0.2) is 48.6 Å². The molecule has 1 aromatic rings. The Bertz CT molecular complexity index is 502. The Labute approximate surface area is 106 Å². The molecule has 18 heavy (non-hydrogen) atoms. The Hall–Kier alpha value is -2.16. The average molecular weight is 241 g/mol. The van der Waals surface area contributed by atoms with Crippen LogP contribution in [0.1, 0.15) is 18.9 Å². The van der Waals surface area contributed by atoms with Gasteiger partial charge >= 0.3 is 0 Å². The lowest BCUT2D eigenvalue weighted by Gasteiger charge is -2.27. The fourth-order valence-electron chi connectivity index (χ4n) is 2.00. The molecule has 3 heteroatoms. The highest BCUT2D eigenvalue weighted by Crippen LogP contribution is 2.15. The summed E-state index contributed by atoms with van der Waals surface area (Å²) < 4.78 is 0. The Morgan fingerprint density at radius 1 is 1.33 bits per heavy atom. The number of benzene rings is 1. The van der Waals surface area contributed by atoms with E-state index in [4.69, 9.17) is 0 Å². The molecule has 1 unspecified atom stereocenters. The monoisotopic (exact) mass is 241 g/mol. The second kappa shape index (κ2) is 5.45. The quantitative estimate of drug-likeness (QED) is 0.797.